The van der Waals surface area contributed by atoms with Gasteiger partial charge in [0.25, 0.3) is 5.91 Å². The first kappa shape index (κ1) is 14.8. The highest BCUT2D eigenvalue weighted by molar-refractivity contribution is 5.98. The summed E-state index contributed by atoms with van der Waals surface area (Å²) in [5.41, 5.74) is 1.13. The molecule has 0 atom stereocenters. The van der Waals surface area contributed by atoms with Crippen LogP contribution in [-0.2, 0) is 6.54 Å². The van der Waals surface area contributed by atoms with Crippen LogP contribution in [0.5, 0.6) is 5.75 Å². The van der Waals surface area contributed by atoms with Crippen LogP contribution in [0.4, 0.5) is 10.2 Å². The Balaban J connectivity index is 2.12. The first-order valence-electron chi connectivity index (χ1n) is 6.33. The summed E-state index contributed by atoms with van der Waals surface area (Å²) in [5, 5.41) is 9.61. The minimum Gasteiger partial charge on any atom is -0.497 e. The van der Waals surface area contributed by atoms with Gasteiger partial charge in [0, 0.05) is 26.7 Å². The number of carbonyl (C=O) groups is 1. The van der Waals surface area contributed by atoms with E-state index in [1.165, 1.54) is 30.3 Å². The zero-order valence-electron chi connectivity index (χ0n) is 12.1. The van der Waals surface area contributed by atoms with Crippen molar-refractivity contribution in [1.29, 1.82) is 0 Å². The molecule has 0 unspecified atom stereocenters. The number of nitrogens with zero attached hydrogens (tertiary/aromatic N) is 2. The van der Waals surface area contributed by atoms with Gasteiger partial charge in [0.15, 0.2) is 0 Å². The lowest BCUT2D eigenvalue weighted by molar-refractivity contribution is 0.0828. The Morgan fingerprint density at radius 3 is 2.86 bits per heavy atom. The fourth-order valence-corrected chi connectivity index (χ4v) is 1.86. The smallest absolute Gasteiger partial charge is 0.258 e. The monoisotopic (exact) mass is 292 g/mol. The second kappa shape index (κ2) is 6.25. The van der Waals surface area contributed by atoms with Crippen molar-refractivity contribution in [2.75, 3.05) is 26.5 Å². The van der Waals surface area contributed by atoms with Crippen molar-refractivity contribution >= 4 is 11.7 Å². The number of carbonyl (C=O) groups excluding carboxylic acids is 1. The van der Waals surface area contributed by atoms with Crippen molar-refractivity contribution in [1.82, 2.24) is 15.1 Å². The Morgan fingerprint density at radius 1 is 1.43 bits per heavy atom. The molecule has 0 radical (unpaired) electrons. The van der Waals surface area contributed by atoms with Gasteiger partial charge in [-0.3, -0.25) is 9.89 Å². The molecule has 21 heavy (non-hydrogen) atoms. The standard InChI is InChI=1S/C14H17FN4O2/c1-19(2)14(20)12-8-17-18-13(12)16-7-9-4-10(15)6-11(5-9)21-3/h4-6,8H,7H2,1-3H3,(H2,16,17,18). The highest BCUT2D eigenvalue weighted by atomic mass is 19.1. The normalized spacial score (nSPS) is 10.3. The first-order chi connectivity index (χ1) is 10.0. The SMILES string of the molecule is COc1cc(F)cc(CNc2[nH]ncc2C(=O)N(C)C)c1. The van der Waals surface area contributed by atoms with E-state index < -0.39 is 0 Å². The van der Waals surface area contributed by atoms with Gasteiger partial charge in [-0.2, -0.15) is 5.10 Å². The quantitative estimate of drug-likeness (QED) is 0.882. The summed E-state index contributed by atoms with van der Waals surface area (Å²) in [6.45, 7) is 0.337. The molecule has 0 aliphatic heterocycles. The van der Waals surface area contributed by atoms with Crippen LogP contribution in [0, 0.1) is 5.82 Å². The Kier molecular flexibility index (Phi) is 4.42. The number of nitrogens with one attached hydrogen (secondary N) is 2. The summed E-state index contributed by atoms with van der Waals surface area (Å²) < 4.78 is 18.4. The second-order valence-electron chi connectivity index (χ2n) is 4.71. The highest BCUT2D eigenvalue weighted by Crippen LogP contribution is 2.18. The Hall–Kier alpha value is -2.57. The van der Waals surface area contributed by atoms with Crippen LogP contribution < -0.4 is 10.1 Å². The largest absolute Gasteiger partial charge is 0.497 e. The van der Waals surface area contributed by atoms with Crippen molar-refractivity contribution in [3.05, 3.63) is 41.3 Å². The maximum atomic E-state index is 13.4. The number of methoxy groups -OCH3 is 1. The summed E-state index contributed by atoms with van der Waals surface area (Å²) in [5.74, 6) is 0.404. The molecule has 0 saturated carbocycles. The second-order valence-corrected chi connectivity index (χ2v) is 4.71. The number of ether oxygens (including phenoxy) is 1. The lowest BCUT2D eigenvalue weighted by atomic mass is 10.2. The minimum atomic E-state index is -0.375. The summed E-state index contributed by atoms with van der Waals surface area (Å²) in [4.78, 5) is 13.4. The van der Waals surface area contributed by atoms with Crippen LogP contribution in [0.15, 0.2) is 24.4 Å². The minimum absolute atomic E-state index is 0.164. The first-order valence-corrected chi connectivity index (χ1v) is 6.33. The van der Waals surface area contributed by atoms with Gasteiger partial charge in [-0.1, -0.05) is 0 Å². The number of hydrogen-bond acceptors (Lipinski definition) is 4. The van der Waals surface area contributed by atoms with Crippen LogP contribution in [0.3, 0.4) is 0 Å². The lowest BCUT2D eigenvalue weighted by Crippen LogP contribution is -2.22. The van der Waals surface area contributed by atoms with Crippen LogP contribution >= 0.6 is 0 Å². The third kappa shape index (κ3) is 3.50. The van der Waals surface area contributed by atoms with Gasteiger partial charge in [0.05, 0.1) is 13.3 Å². The van der Waals surface area contributed by atoms with Crippen LogP contribution in [0.1, 0.15) is 15.9 Å². The Bertz CT molecular complexity index is 640. The summed E-state index contributed by atoms with van der Waals surface area (Å²) in [6, 6.07) is 4.43. The molecule has 1 aromatic heterocycles. The summed E-state index contributed by atoms with van der Waals surface area (Å²) >= 11 is 0. The molecule has 0 fully saturated rings. The molecule has 7 heteroatoms. The number of H-pyrrole nitrogens is 1. The number of rotatable bonds is 5. The van der Waals surface area contributed by atoms with E-state index in [2.05, 4.69) is 15.5 Å². The molecule has 0 aliphatic carbocycles. The lowest BCUT2D eigenvalue weighted by Gasteiger charge is -2.11. The zero-order valence-corrected chi connectivity index (χ0v) is 12.1. The molecule has 6 nitrogen and oxygen atoms in total. The molecule has 1 aromatic carbocycles. The molecule has 1 amide bonds. The molecule has 2 N–H and O–H groups in total. The molecule has 0 spiro atoms. The molecule has 2 rings (SSSR count). The van der Waals surface area contributed by atoms with Gasteiger partial charge in [-0.05, 0) is 17.7 Å². The molecule has 0 aliphatic rings. The number of anilines is 1. The van der Waals surface area contributed by atoms with Crippen molar-refractivity contribution in [3.8, 4) is 5.75 Å². The molecular formula is C14H17FN4O2. The average molecular weight is 292 g/mol. The van der Waals surface area contributed by atoms with Crippen molar-refractivity contribution in [2.45, 2.75) is 6.54 Å². The number of halogens is 1. The van der Waals surface area contributed by atoms with Crippen LogP contribution in [0.2, 0.25) is 0 Å². The van der Waals surface area contributed by atoms with Crippen molar-refractivity contribution < 1.29 is 13.9 Å². The van der Waals surface area contributed by atoms with E-state index in [0.29, 0.717) is 29.2 Å². The van der Waals surface area contributed by atoms with Crippen LogP contribution in [-0.4, -0.2) is 42.2 Å². The van der Waals surface area contributed by atoms with E-state index in [-0.39, 0.29) is 11.7 Å². The van der Waals surface area contributed by atoms with Gasteiger partial charge < -0.3 is 15.0 Å². The fourth-order valence-electron chi connectivity index (χ4n) is 1.86. The van der Waals surface area contributed by atoms with E-state index in [1.54, 1.807) is 20.2 Å². The van der Waals surface area contributed by atoms with Gasteiger partial charge in [0.1, 0.15) is 22.9 Å². The number of aromatic amines is 1. The molecule has 0 saturated heterocycles. The Labute approximate surface area is 121 Å². The van der Waals surface area contributed by atoms with Gasteiger partial charge >= 0.3 is 0 Å². The maximum Gasteiger partial charge on any atom is 0.258 e. The molecule has 112 valence electrons. The number of amides is 1. The molecule has 2 aromatic rings. The van der Waals surface area contributed by atoms with Crippen molar-refractivity contribution in [3.63, 3.8) is 0 Å². The third-order valence-corrected chi connectivity index (χ3v) is 2.91. The molecular weight excluding hydrogens is 275 g/mol. The average Bonchev–Trinajstić information content (AvgIpc) is 2.91. The van der Waals surface area contributed by atoms with Crippen molar-refractivity contribution in [2.24, 2.45) is 0 Å². The topological polar surface area (TPSA) is 70.2 Å². The number of hydrogen-bond donors (Lipinski definition) is 2. The Morgan fingerprint density at radius 2 is 2.19 bits per heavy atom. The van der Waals surface area contributed by atoms with E-state index in [1.807, 2.05) is 0 Å². The van der Waals surface area contributed by atoms with Gasteiger partial charge in [-0.25, -0.2) is 4.39 Å². The van der Waals surface area contributed by atoms with Crippen LogP contribution in [0.25, 0.3) is 0 Å². The maximum absolute atomic E-state index is 13.4. The van der Waals surface area contributed by atoms with Gasteiger partial charge in [0.2, 0.25) is 0 Å². The molecule has 0 bridgehead atoms. The number of benzene rings is 1. The summed E-state index contributed by atoms with van der Waals surface area (Å²) in [7, 11) is 4.81. The number of aromatic nitrogens is 2. The van der Waals surface area contributed by atoms with E-state index >= 15 is 0 Å². The van der Waals surface area contributed by atoms with E-state index in [4.69, 9.17) is 4.74 Å². The predicted molar refractivity (Wildman–Crippen MR) is 76.9 cm³/mol. The highest BCUT2D eigenvalue weighted by Gasteiger charge is 2.15. The summed E-state index contributed by atoms with van der Waals surface area (Å²) in [6.07, 6.45) is 1.46. The zero-order chi connectivity index (χ0) is 15.4. The van der Waals surface area contributed by atoms with Gasteiger partial charge in [-0.15, -0.1) is 0 Å². The third-order valence-electron chi connectivity index (χ3n) is 2.91. The predicted octanol–water partition coefficient (Wildman–Crippen LogP) is 1.87. The fraction of sp³-hybridized carbons (Fsp3) is 0.286. The van der Waals surface area contributed by atoms with E-state index in [9.17, 15) is 9.18 Å². The van der Waals surface area contributed by atoms with E-state index in [0.717, 1.165) is 0 Å². The molecule has 1 heterocycles.